The first-order valence-corrected chi connectivity index (χ1v) is 9.17. The van der Waals surface area contributed by atoms with Crippen molar-refractivity contribution in [1.82, 2.24) is 21.1 Å². The van der Waals surface area contributed by atoms with Crippen LogP contribution in [-0.2, 0) is 9.59 Å². The lowest BCUT2D eigenvalue weighted by molar-refractivity contribution is -0.131. The van der Waals surface area contributed by atoms with Crippen molar-refractivity contribution in [2.24, 2.45) is 0 Å². The summed E-state index contributed by atoms with van der Waals surface area (Å²) in [5, 5.41) is 4.57. The predicted octanol–water partition coefficient (Wildman–Crippen LogP) is 1.15. The third-order valence-electron chi connectivity index (χ3n) is 4.55. The van der Waals surface area contributed by atoms with Crippen LogP contribution in [0.1, 0.15) is 48.2 Å². The monoisotopic (exact) mass is 364 g/mol. The Morgan fingerprint density at radius 2 is 2.00 bits per heavy atom. The first-order valence-electron chi connectivity index (χ1n) is 8.29. The van der Waals surface area contributed by atoms with Crippen LogP contribution in [-0.4, -0.2) is 40.7 Å². The van der Waals surface area contributed by atoms with Crippen molar-refractivity contribution in [3.05, 3.63) is 22.4 Å². The first-order chi connectivity index (χ1) is 12.0. The molecule has 8 nitrogen and oxygen atoms in total. The summed E-state index contributed by atoms with van der Waals surface area (Å²) in [6.45, 7) is 0.193. The smallest absolute Gasteiger partial charge is 0.323 e. The number of carbonyl (C=O) groups is 4. The topological polar surface area (TPSA) is 108 Å². The average molecular weight is 364 g/mol. The summed E-state index contributed by atoms with van der Waals surface area (Å²) in [6.07, 6.45) is 3.69. The lowest BCUT2D eigenvalue weighted by atomic mass is 9.98. The molecular formula is C16H20N4O4S. The zero-order valence-electron chi connectivity index (χ0n) is 13.7. The van der Waals surface area contributed by atoms with Crippen molar-refractivity contribution < 1.29 is 19.2 Å². The minimum absolute atomic E-state index is 0.106. The zero-order valence-corrected chi connectivity index (χ0v) is 14.5. The number of thiophene rings is 1. The lowest BCUT2D eigenvalue weighted by Crippen LogP contribution is -2.44. The van der Waals surface area contributed by atoms with Crippen molar-refractivity contribution >= 4 is 35.1 Å². The fourth-order valence-corrected chi connectivity index (χ4v) is 3.87. The fraction of sp³-hybridized carbons (Fsp3) is 0.500. The molecule has 0 unspecified atom stereocenters. The maximum absolute atomic E-state index is 12.4. The Labute approximate surface area is 148 Å². The molecule has 5 amide bonds. The van der Waals surface area contributed by atoms with Gasteiger partial charge in [-0.1, -0.05) is 18.9 Å². The molecule has 0 bridgehead atoms. The van der Waals surface area contributed by atoms with E-state index >= 15 is 0 Å². The Bertz CT molecular complexity index is 682. The molecule has 9 heteroatoms. The van der Waals surface area contributed by atoms with E-state index in [1.807, 2.05) is 0 Å². The second kappa shape index (κ2) is 7.22. The third-order valence-corrected chi connectivity index (χ3v) is 5.42. The number of amides is 5. The number of hydrogen-bond acceptors (Lipinski definition) is 5. The van der Waals surface area contributed by atoms with Gasteiger partial charge in [-0.15, -0.1) is 11.3 Å². The molecule has 3 N–H and O–H groups in total. The van der Waals surface area contributed by atoms with E-state index in [2.05, 4.69) is 16.2 Å². The molecule has 1 saturated carbocycles. The molecule has 1 aromatic rings. The summed E-state index contributed by atoms with van der Waals surface area (Å²) >= 11 is 1.27. The summed E-state index contributed by atoms with van der Waals surface area (Å²) in [5.41, 5.74) is 3.95. The first kappa shape index (κ1) is 17.4. The molecule has 134 valence electrons. The molecule has 2 aliphatic rings. The van der Waals surface area contributed by atoms with Crippen LogP contribution in [0.25, 0.3) is 0 Å². The van der Waals surface area contributed by atoms with Gasteiger partial charge in [0.2, 0.25) is 5.91 Å². The fourth-order valence-electron chi connectivity index (χ4n) is 3.25. The number of hydrogen-bond donors (Lipinski definition) is 3. The van der Waals surface area contributed by atoms with E-state index in [-0.39, 0.29) is 36.7 Å². The quantitative estimate of drug-likeness (QED) is 0.538. The molecule has 25 heavy (non-hydrogen) atoms. The molecule has 3 rings (SSSR count). The number of nitrogens with zero attached hydrogens (tertiary/aromatic N) is 1. The van der Waals surface area contributed by atoms with Crippen LogP contribution in [0, 0.1) is 0 Å². The number of nitrogens with one attached hydrogen (secondary N) is 3. The van der Waals surface area contributed by atoms with Crippen LogP contribution >= 0.6 is 11.3 Å². The predicted molar refractivity (Wildman–Crippen MR) is 90.6 cm³/mol. The minimum atomic E-state index is -0.714. The molecule has 1 aliphatic heterocycles. The van der Waals surface area contributed by atoms with Gasteiger partial charge >= 0.3 is 6.03 Å². The van der Waals surface area contributed by atoms with Gasteiger partial charge in [0, 0.05) is 13.0 Å². The molecule has 2 fully saturated rings. The molecule has 0 radical (unpaired) electrons. The van der Waals surface area contributed by atoms with Crippen LogP contribution in [0.2, 0.25) is 0 Å². The summed E-state index contributed by atoms with van der Waals surface area (Å²) in [4.78, 5) is 49.6. The highest BCUT2D eigenvalue weighted by atomic mass is 32.1. The molecular weight excluding hydrogens is 344 g/mol. The minimum Gasteiger partial charge on any atom is -0.323 e. The zero-order chi connectivity index (χ0) is 17.9. The summed E-state index contributed by atoms with van der Waals surface area (Å²) in [6, 6.07) is 3.03. The van der Waals surface area contributed by atoms with Crippen LogP contribution in [0.5, 0.6) is 0 Å². The van der Waals surface area contributed by atoms with Gasteiger partial charge in [0.25, 0.3) is 11.8 Å². The highest BCUT2D eigenvalue weighted by Gasteiger charge is 2.51. The standard InChI is InChI=1S/C16H20N4O4S/c21-12(18-19-13(22)11-5-4-10-25-11)6-3-9-20-14(23)16(17-15(20)24)7-1-2-8-16/h4-5,10H,1-3,6-9H2,(H,17,24)(H,18,21)(H,19,22). The van der Waals surface area contributed by atoms with E-state index in [0.717, 1.165) is 12.8 Å². The van der Waals surface area contributed by atoms with Gasteiger partial charge in [-0.2, -0.15) is 0 Å². The molecule has 0 atom stereocenters. The number of hydrazine groups is 1. The van der Waals surface area contributed by atoms with Crippen molar-refractivity contribution in [2.45, 2.75) is 44.1 Å². The highest BCUT2D eigenvalue weighted by Crippen LogP contribution is 2.35. The van der Waals surface area contributed by atoms with E-state index in [1.54, 1.807) is 17.5 Å². The third kappa shape index (κ3) is 3.65. The number of rotatable bonds is 5. The molecule has 1 aliphatic carbocycles. The average Bonchev–Trinajstić information content (AvgIpc) is 3.31. The molecule has 1 saturated heterocycles. The van der Waals surface area contributed by atoms with E-state index in [4.69, 9.17) is 0 Å². The Kier molecular flexibility index (Phi) is 5.03. The largest absolute Gasteiger partial charge is 0.325 e. The van der Waals surface area contributed by atoms with Gasteiger partial charge in [0.05, 0.1) is 4.88 Å². The SMILES string of the molecule is O=C(CCCN1C(=O)NC2(CCCC2)C1=O)NNC(=O)c1cccs1. The Balaban J connectivity index is 1.40. The van der Waals surface area contributed by atoms with Gasteiger partial charge in [0.1, 0.15) is 5.54 Å². The van der Waals surface area contributed by atoms with E-state index in [0.29, 0.717) is 24.1 Å². The maximum atomic E-state index is 12.4. The summed E-state index contributed by atoms with van der Waals surface area (Å²) < 4.78 is 0. The van der Waals surface area contributed by atoms with Crippen LogP contribution in [0.3, 0.4) is 0 Å². The van der Waals surface area contributed by atoms with Gasteiger partial charge < -0.3 is 5.32 Å². The number of urea groups is 1. The van der Waals surface area contributed by atoms with Crippen LogP contribution in [0.4, 0.5) is 4.79 Å². The Hall–Kier alpha value is -2.42. The number of imide groups is 1. The van der Waals surface area contributed by atoms with Crippen LogP contribution < -0.4 is 16.2 Å². The number of carbonyl (C=O) groups excluding carboxylic acids is 4. The van der Waals surface area contributed by atoms with Gasteiger partial charge in [0.15, 0.2) is 0 Å². The van der Waals surface area contributed by atoms with E-state index in [9.17, 15) is 19.2 Å². The highest BCUT2D eigenvalue weighted by molar-refractivity contribution is 7.12. The van der Waals surface area contributed by atoms with E-state index in [1.165, 1.54) is 16.2 Å². The normalized spacial score (nSPS) is 18.5. The second-order valence-corrected chi connectivity index (χ2v) is 7.21. The van der Waals surface area contributed by atoms with Crippen molar-refractivity contribution in [2.75, 3.05) is 6.54 Å². The summed E-state index contributed by atoms with van der Waals surface area (Å²) in [5.74, 6) is -0.922. The molecule has 1 aromatic heterocycles. The maximum Gasteiger partial charge on any atom is 0.325 e. The van der Waals surface area contributed by atoms with Gasteiger partial charge in [-0.05, 0) is 30.7 Å². The molecule has 0 aromatic carbocycles. The van der Waals surface area contributed by atoms with Crippen molar-refractivity contribution in [3.63, 3.8) is 0 Å². The van der Waals surface area contributed by atoms with Crippen molar-refractivity contribution in [3.8, 4) is 0 Å². The van der Waals surface area contributed by atoms with E-state index < -0.39 is 5.54 Å². The van der Waals surface area contributed by atoms with Crippen LogP contribution in [0.15, 0.2) is 17.5 Å². The lowest BCUT2D eigenvalue weighted by Gasteiger charge is -2.19. The molecule has 1 spiro atoms. The Morgan fingerprint density at radius 1 is 1.24 bits per heavy atom. The Morgan fingerprint density at radius 3 is 2.68 bits per heavy atom. The van der Waals surface area contributed by atoms with Gasteiger partial charge in [-0.25, -0.2) is 4.79 Å². The van der Waals surface area contributed by atoms with Crippen molar-refractivity contribution in [1.29, 1.82) is 0 Å². The molecule has 2 heterocycles. The second-order valence-electron chi connectivity index (χ2n) is 6.26. The summed E-state index contributed by atoms with van der Waals surface area (Å²) in [7, 11) is 0. The van der Waals surface area contributed by atoms with Gasteiger partial charge in [-0.3, -0.25) is 30.1 Å².